The molecule has 17 heavy (non-hydrogen) atoms. The van der Waals surface area contributed by atoms with Crippen LogP contribution in [-0.2, 0) is 0 Å². The first-order valence-electron chi connectivity index (χ1n) is 5.61. The van der Waals surface area contributed by atoms with E-state index in [4.69, 9.17) is 4.52 Å². The summed E-state index contributed by atoms with van der Waals surface area (Å²) in [5.74, 6) is 1.75. The molecule has 0 aromatic carbocycles. The molecule has 0 atom stereocenters. The third-order valence-electron chi connectivity index (χ3n) is 2.85. The van der Waals surface area contributed by atoms with Crippen LogP contribution in [0, 0.1) is 6.92 Å². The molecule has 1 aromatic heterocycles. The van der Waals surface area contributed by atoms with E-state index in [1.807, 2.05) is 11.8 Å². The Hall–Kier alpha value is -1.01. The van der Waals surface area contributed by atoms with Crippen LogP contribution in [0.15, 0.2) is 10.6 Å². The summed E-state index contributed by atoms with van der Waals surface area (Å²) in [6.07, 6.45) is 1.43. The van der Waals surface area contributed by atoms with Gasteiger partial charge in [-0.1, -0.05) is 5.16 Å². The van der Waals surface area contributed by atoms with Crippen molar-refractivity contribution >= 4 is 17.7 Å². The lowest BCUT2D eigenvalue weighted by atomic mass is 9.97. The molecule has 0 spiro atoms. The van der Waals surface area contributed by atoms with E-state index >= 15 is 0 Å². The summed E-state index contributed by atoms with van der Waals surface area (Å²) in [5, 5.41) is 16.5. The third kappa shape index (κ3) is 3.23. The van der Waals surface area contributed by atoms with Crippen molar-refractivity contribution in [3.8, 4) is 0 Å². The van der Waals surface area contributed by atoms with Crippen molar-refractivity contribution in [3.05, 3.63) is 17.5 Å². The summed E-state index contributed by atoms with van der Waals surface area (Å²) in [5.41, 5.74) is -0.0985. The summed E-state index contributed by atoms with van der Waals surface area (Å²) in [6, 6.07) is 1.58. The van der Waals surface area contributed by atoms with E-state index < -0.39 is 5.60 Å². The van der Waals surface area contributed by atoms with Crippen LogP contribution in [0.3, 0.4) is 0 Å². The van der Waals surface area contributed by atoms with Gasteiger partial charge in [0.2, 0.25) is 5.76 Å². The normalized spacial score (nSPS) is 18.9. The van der Waals surface area contributed by atoms with Gasteiger partial charge in [0.25, 0.3) is 5.91 Å². The molecule has 5 nitrogen and oxygen atoms in total. The van der Waals surface area contributed by atoms with Crippen LogP contribution in [0.5, 0.6) is 0 Å². The second kappa shape index (κ2) is 5.10. The molecule has 1 aliphatic rings. The molecule has 2 rings (SSSR count). The summed E-state index contributed by atoms with van der Waals surface area (Å²) in [4.78, 5) is 11.7. The zero-order chi connectivity index (χ0) is 12.3. The van der Waals surface area contributed by atoms with Gasteiger partial charge < -0.3 is 14.9 Å². The molecule has 1 aliphatic heterocycles. The Morgan fingerprint density at radius 3 is 2.94 bits per heavy atom. The van der Waals surface area contributed by atoms with Gasteiger partial charge in [-0.15, -0.1) is 0 Å². The number of nitrogens with one attached hydrogen (secondary N) is 1. The van der Waals surface area contributed by atoms with E-state index in [1.54, 1.807) is 13.0 Å². The molecule has 0 radical (unpaired) electrons. The highest BCUT2D eigenvalue weighted by atomic mass is 32.2. The van der Waals surface area contributed by atoms with Crippen molar-refractivity contribution in [2.45, 2.75) is 25.4 Å². The number of aromatic nitrogens is 1. The molecular weight excluding hydrogens is 240 g/mol. The number of carbonyl (C=O) groups excluding carboxylic acids is 1. The zero-order valence-electron chi connectivity index (χ0n) is 9.73. The molecule has 0 unspecified atom stereocenters. The van der Waals surface area contributed by atoms with Crippen molar-refractivity contribution < 1.29 is 14.4 Å². The number of aliphatic hydroxyl groups is 1. The minimum absolute atomic E-state index is 0.191. The van der Waals surface area contributed by atoms with Crippen molar-refractivity contribution in [3.63, 3.8) is 0 Å². The number of hydrogen-bond donors (Lipinski definition) is 2. The molecule has 6 heteroatoms. The number of amides is 1. The Kier molecular flexibility index (Phi) is 3.73. The number of carbonyl (C=O) groups is 1. The van der Waals surface area contributed by atoms with E-state index in [0.717, 1.165) is 11.5 Å². The highest BCUT2D eigenvalue weighted by Crippen LogP contribution is 2.26. The molecule has 1 amide bonds. The number of rotatable bonds is 3. The fourth-order valence-electron chi connectivity index (χ4n) is 1.73. The van der Waals surface area contributed by atoms with E-state index in [-0.39, 0.29) is 18.2 Å². The monoisotopic (exact) mass is 256 g/mol. The lowest BCUT2D eigenvalue weighted by Gasteiger charge is -2.31. The van der Waals surface area contributed by atoms with Crippen molar-refractivity contribution in [1.82, 2.24) is 10.5 Å². The Morgan fingerprint density at radius 1 is 1.65 bits per heavy atom. The van der Waals surface area contributed by atoms with Crippen LogP contribution < -0.4 is 5.32 Å². The predicted octanol–water partition coefficient (Wildman–Crippen LogP) is 0.971. The molecule has 0 saturated carbocycles. The van der Waals surface area contributed by atoms with Crippen LogP contribution in [0.4, 0.5) is 0 Å². The predicted molar refractivity (Wildman–Crippen MR) is 65.1 cm³/mol. The number of thioether (sulfide) groups is 1. The fourth-order valence-corrected chi connectivity index (χ4v) is 2.98. The Labute approximate surface area is 104 Å². The minimum Gasteiger partial charge on any atom is -0.388 e. The zero-order valence-corrected chi connectivity index (χ0v) is 10.5. The largest absolute Gasteiger partial charge is 0.388 e. The van der Waals surface area contributed by atoms with E-state index in [1.165, 1.54) is 0 Å². The third-order valence-corrected chi connectivity index (χ3v) is 3.84. The highest BCUT2D eigenvalue weighted by molar-refractivity contribution is 7.99. The Balaban J connectivity index is 1.87. The smallest absolute Gasteiger partial charge is 0.290 e. The molecular formula is C11H16N2O3S. The lowest BCUT2D eigenvalue weighted by molar-refractivity contribution is 0.0306. The molecule has 1 fully saturated rings. The molecule has 1 aromatic rings. The molecule has 2 heterocycles. The van der Waals surface area contributed by atoms with Gasteiger partial charge >= 0.3 is 0 Å². The SMILES string of the molecule is Cc1cc(C(=O)NCC2(O)CCSCC2)on1. The second-order valence-electron chi connectivity index (χ2n) is 4.35. The molecule has 94 valence electrons. The summed E-state index contributed by atoms with van der Waals surface area (Å²) in [7, 11) is 0. The quantitative estimate of drug-likeness (QED) is 0.843. The van der Waals surface area contributed by atoms with Gasteiger partial charge in [-0.25, -0.2) is 0 Å². The number of hydrogen-bond acceptors (Lipinski definition) is 5. The number of aryl methyl sites for hydroxylation is 1. The van der Waals surface area contributed by atoms with Gasteiger partial charge in [0.1, 0.15) is 0 Å². The Morgan fingerprint density at radius 2 is 2.35 bits per heavy atom. The first-order valence-corrected chi connectivity index (χ1v) is 6.76. The highest BCUT2D eigenvalue weighted by Gasteiger charge is 2.30. The van der Waals surface area contributed by atoms with Gasteiger partial charge in [-0.05, 0) is 31.3 Å². The number of nitrogens with zero attached hydrogens (tertiary/aromatic N) is 1. The van der Waals surface area contributed by atoms with Crippen LogP contribution in [0.25, 0.3) is 0 Å². The maximum absolute atomic E-state index is 11.7. The van der Waals surface area contributed by atoms with Gasteiger partial charge in [-0.2, -0.15) is 11.8 Å². The maximum Gasteiger partial charge on any atom is 0.290 e. The fraction of sp³-hybridized carbons (Fsp3) is 0.636. The Bertz CT molecular complexity index is 399. The maximum atomic E-state index is 11.7. The average molecular weight is 256 g/mol. The molecule has 0 bridgehead atoms. The standard InChI is InChI=1S/C11H16N2O3S/c1-8-6-9(16-13-8)10(14)12-7-11(15)2-4-17-5-3-11/h6,15H,2-5,7H2,1H3,(H,12,14). The first kappa shape index (κ1) is 12.4. The summed E-state index contributed by atoms with van der Waals surface area (Å²) >= 11 is 1.83. The second-order valence-corrected chi connectivity index (χ2v) is 5.58. The van der Waals surface area contributed by atoms with Gasteiger partial charge in [0.05, 0.1) is 11.3 Å². The van der Waals surface area contributed by atoms with Gasteiger partial charge in [-0.3, -0.25) is 4.79 Å². The lowest BCUT2D eigenvalue weighted by Crippen LogP contribution is -2.45. The first-order chi connectivity index (χ1) is 8.09. The summed E-state index contributed by atoms with van der Waals surface area (Å²) in [6.45, 7) is 2.03. The molecule has 2 N–H and O–H groups in total. The van der Waals surface area contributed by atoms with Crippen molar-refractivity contribution in [2.75, 3.05) is 18.1 Å². The average Bonchev–Trinajstić information content (AvgIpc) is 2.74. The van der Waals surface area contributed by atoms with Crippen LogP contribution >= 0.6 is 11.8 Å². The van der Waals surface area contributed by atoms with Crippen molar-refractivity contribution in [2.24, 2.45) is 0 Å². The van der Waals surface area contributed by atoms with Gasteiger partial charge in [0, 0.05) is 12.6 Å². The van der Waals surface area contributed by atoms with Gasteiger partial charge in [0.15, 0.2) is 0 Å². The van der Waals surface area contributed by atoms with E-state index in [2.05, 4.69) is 10.5 Å². The van der Waals surface area contributed by atoms with Crippen LogP contribution in [-0.4, -0.2) is 39.8 Å². The van der Waals surface area contributed by atoms with Crippen molar-refractivity contribution in [1.29, 1.82) is 0 Å². The topological polar surface area (TPSA) is 75.4 Å². The van der Waals surface area contributed by atoms with E-state index in [0.29, 0.717) is 18.5 Å². The summed E-state index contributed by atoms with van der Waals surface area (Å²) < 4.78 is 4.85. The molecule has 0 aliphatic carbocycles. The molecule has 1 saturated heterocycles. The van der Waals surface area contributed by atoms with E-state index in [9.17, 15) is 9.90 Å². The van der Waals surface area contributed by atoms with Crippen LogP contribution in [0.1, 0.15) is 29.1 Å². The minimum atomic E-state index is -0.768. The van der Waals surface area contributed by atoms with Crippen LogP contribution in [0.2, 0.25) is 0 Å².